The molecule has 0 bridgehead atoms. The van der Waals surface area contributed by atoms with Gasteiger partial charge in [0, 0.05) is 11.4 Å². The number of fused-ring (bicyclic) bond motifs is 1. The molecule has 1 N–H and O–H groups in total. The summed E-state index contributed by atoms with van der Waals surface area (Å²) in [6.45, 7) is 6.19. The van der Waals surface area contributed by atoms with Crippen molar-refractivity contribution in [3.63, 3.8) is 0 Å². The number of thiophene rings is 1. The molecule has 0 saturated heterocycles. The first-order valence-electron chi connectivity index (χ1n) is 7.84. The van der Waals surface area contributed by atoms with Crippen LogP contribution in [0.3, 0.4) is 0 Å². The third kappa shape index (κ3) is 2.81. The number of nitrogens with zero attached hydrogens (tertiary/aromatic N) is 1. The maximum atomic E-state index is 12.7. The number of hydrogen-bond donors (Lipinski definition) is 1. The third-order valence-corrected chi connectivity index (χ3v) is 5.29. The van der Waals surface area contributed by atoms with Crippen molar-refractivity contribution in [3.05, 3.63) is 57.3 Å². The lowest BCUT2D eigenvalue weighted by Crippen LogP contribution is -2.44. The third-order valence-electron chi connectivity index (χ3n) is 4.30. The van der Waals surface area contributed by atoms with E-state index in [2.05, 4.69) is 48.0 Å². The van der Waals surface area contributed by atoms with Gasteiger partial charge in [-0.1, -0.05) is 31.2 Å². The standard InChI is InChI=1S/C18H22N2OS/c1-3-19-12-17(21)20-10-8-16-15(9-11-22-16)18(20)14-7-5-4-6-13(14)2/h4-7,9,11,18-19H,3,8,10,12H2,1-2H3/t18-/m1/s1. The van der Waals surface area contributed by atoms with Gasteiger partial charge in [-0.05, 0) is 48.0 Å². The van der Waals surface area contributed by atoms with E-state index in [-0.39, 0.29) is 11.9 Å². The zero-order valence-electron chi connectivity index (χ0n) is 13.1. The van der Waals surface area contributed by atoms with Gasteiger partial charge in [0.1, 0.15) is 0 Å². The van der Waals surface area contributed by atoms with Crippen molar-refractivity contribution in [3.8, 4) is 0 Å². The highest BCUT2D eigenvalue weighted by molar-refractivity contribution is 7.10. The highest BCUT2D eigenvalue weighted by atomic mass is 32.1. The van der Waals surface area contributed by atoms with Gasteiger partial charge in [-0.25, -0.2) is 0 Å². The van der Waals surface area contributed by atoms with Gasteiger partial charge >= 0.3 is 0 Å². The van der Waals surface area contributed by atoms with Crippen LogP contribution >= 0.6 is 11.3 Å². The first-order valence-corrected chi connectivity index (χ1v) is 8.72. The molecule has 1 aliphatic heterocycles. The molecule has 2 aromatic rings. The molecular weight excluding hydrogens is 292 g/mol. The number of nitrogens with one attached hydrogen (secondary N) is 1. The number of hydrogen-bond acceptors (Lipinski definition) is 3. The maximum Gasteiger partial charge on any atom is 0.237 e. The molecule has 2 heterocycles. The Kier molecular flexibility index (Phi) is 4.60. The summed E-state index contributed by atoms with van der Waals surface area (Å²) < 4.78 is 0. The molecule has 3 nitrogen and oxygen atoms in total. The summed E-state index contributed by atoms with van der Waals surface area (Å²) in [5, 5.41) is 5.31. The summed E-state index contributed by atoms with van der Waals surface area (Å²) in [5.74, 6) is 0.187. The SMILES string of the molecule is CCNCC(=O)N1CCc2sccc2[C@H]1c1ccccc1C. The second-order valence-electron chi connectivity index (χ2n) is 5.68. The zero-order valence-corrected chi connectivity index (χ0v) is 14.0. The average Bonchev–Trinajstić information content (AvgIpc) is 3.01. The number of benzene rings is 1. The molecule has 22 heavy (non-hydrogen) atoms. The number of carbonyl (C=O) groups is 1. The van der Waals surface area contributed by atoms with Crippen LogP contribution in [0, 0.1) is 6.92 Å². The fraction of sp³-hybridized carbons (Fsp3) is 0.389. The van der Waals surface area contributed by atoms with Gasteiger partial charge in [-0.3, -0.25) is 4.79 Å². The number of rotatable bonds is 4. The molecule has 0 spiro atoms. The van der Waals surface area contributed by atoms with E-state index in [9.17, 15) is 4.79 Å². The van der Waals surface area contributed by atoms with Gasteiger partial charge in [-0.15, -0.1) is 11.3 Å². The van der Waals surface area contributed by atoms with Gasteiger partial charge < -0.3 is 10.2 Å². The minimum Gasteiger partial charge on any atom is -0.330 e. The van der Waals surface area contributed by atoms with Crippen LogP contribution < -0.4 is 5.32 Å². The predicted molar refractivity (Wildman–Crippen MR) is 91.3 cm³/mol. The van der Waals surface area contributed by atoms with Gasteiger partial charge in [0.2, 0.25) is 5.91 Å². The van der Waals surface area contributed by atoms with Crippen molar-refractivity contribution in [2.45, 2.75) is 26.3 Å². The largest absolute Gasteiger partial charge is 0.330 e. The van der Waals surface area contributed by atoms with E-state index >= 15 is 0 Å². The molecule has 116 valence electrons. The van der Waals surface area contributed by atoms with Gasteiger partial charge in [-0.2, -0.15) is 0 Å². The second kappa shape index (κ2) is 6.63. The highest BCUT2D eigenvalue weighted by Gasteiger charge is 2.33. The fourth-order valence-electron chi connectivity index (χ4n) is 3.15. The fourth-order valence-corrected chi connectivity index (χ4v) is 4.05. The van der Waals surface area contributed by atoms with E-state index in [1.807, 2.05) is 23.2 Å². The lowest BCUT2D eigenvalue weighted by molar-refractivity contribution is -0.132. The van der Waals surface area contributed by atoms with Crippen LogP contribution in [0.5, 0.6) is 0 Å². The maximum absolute atomic E-state index is 12.7. The van der Waals surface area contributed by atoms with Crippen LogP contribution in [0.2, 0.25) is 0 Å². The monoisotopic (exact) mass is 314 g/mol. The quantitative estimate of drug-likeness (QED) is 0.940. The van der Waals surface area contributed by atoms with Crippen molar-refractivity contribution in [1.29, 1.82) is 0 Å². The number of carbonyl (C=O) groups excluding carboxylic acids is 1. The summed E-state index contributed by atoms with van der Waals surface area (Å²) in [6, 6.07) is 10.6. The minimum atomic E-state index is 0.0577. The Morgan fingerprint density at radius 2 is 2.14 bits per heavy atom. The van der Waals surface area contributed by atoms with Crippen LogP contribution in [-0.4, -0.2) is 30.4 Å². The van der Waals surface area contributed by atoms with Crippen LogP contribution in [0.25, 0.3) is 0 Å². The molecule has 1 aromatic carbocycles. The molecule has 1 atom stereocenters. The molecular formula is C18H22N2OS. The molecule has 4 heteroatoms. The Balaban J connectivity index is 2.00. The van der Waals surface area contributed by atoms with Crippen LogP contribution in [0.4, 0.5) is 0 Å². The van der Waals surface area contributed by atoms with Gasteiger partial charge in [0.05, 0.1) is 12.6 Å². The minimum absolute atomic E-state index is 0.0577. The van der Waals surface area contributed by atoms with Crippen molar-refractivity contribution in [2.75, 3.05) is 19.6 Å². The molecule has 3 rings (SSSR count). The summed E-state index contributed by atoms with van der Waals surface area (Å²) in [7, 11) is 0. The summed E-state index contributed by atoms with van der Waals surface area (Å²) in [6.07, 6.45) is 0.966. The van der Waals surface area contributed by atoms with Crippen molar-refractivity contribution in [1.82, 2.24) is 10.2 Å². The molecule has 0 fully saturated rings. The van der Waals surface area contributed by atoms with E-state index in [4.69, 9.17) is 0 Å². The number of likely N-dealkylation sites (N-methyl/N-ethyl adjacent to an activating group) is 1. The lowest BCUT2D eigenvalue weighted by atomic mass is 9.90. The zero-order chi connectivity index (χ0) is 15.5. The van der Waals surface area contributed by atoms with Crippen molar-refractivity contribution >= 4 is 17.2 Å². The molecule has 1 aromatic heterocycles. The van der Waals surface area contributed by atoms with Crippen LogP contribution in [-0.2, 0) is 11.2 Å². The normalized spacial score (nSPS) is 17.4. The molecule has 0 radical (unpaired) electrons. The molecule has 1 amide bonds. The van der Waals surface area contributed by atoms with Crippen LogP contribution in [0.15, 0.2) is 35.7 Å². The predicted octanol–water partition coefficient (Wildman–Crippen LogP) is 3.14. The molecule has 0 saturated carbocycles. The lowest BCUT2D eigenvalue weighted by Gasteiger charge is -2.37. The topological polar surface area (TPSA) is 32.3 Å². The van der Waals surface area contributed by atoms with Gasteiger partial charge in [0.15, 0.2) is 0 Å². The van der Waals surface area contributed by atoms with Crippen molar-refractivity contribution < 1.29 is 4.79 Å². The van der Waals surface area contributed by atoms with Crippen molar-refractivity contribution in [2.24, 2.45) is 0 Å². The Hall–Kier alpha value is -1.65. The van der Waals surface area contributed by atoms with E-state index in [1.54, 1.807) is 0 Å². The summed E-state index contributed by atoms with van der Waals surface area (Å²) in [5.41, 5.74) is 3.79. The van der Waals surface area contributed by atoms with Crippen LogP contribution in [0.1, 0.15) is 34.5 Å². The first kappa shape index (κ1) is 15.3. The number of aryl methyl sites for hydroxylation is 1. The first-order chi connectivity index (χ1) is 10.7. The Morgan fingerprint density at radius 3 is 2.91 bits per heavy atom. The summed E-state index contributed by atoms with van der Waals surface area (Å²) >= 11 is 1.81. The van der Waals surface area contributed by atoms with E-state index in [1.165, 1.54) is 21.6 Å². The van der Waals surface area contributed by atoms with E-state index in [0.29, 0.717) is 6.54 Å². The average molecular weight is 314 g/mol. The second-order valence-corrected chi connectivity index (χ2v) is 6.68. The molecule has 1 aliphatic rings. The Bertz CT molecular complexity index is 665. The van der Waals surface area contributed by atoms with E-state index < -0.39 is 0 Å². The Morgan fingerprint density at radius 1 is 1.32 bits per heavy atom. The smallest absolute Gasteiger partial charge is 0.237 e. The van der Waals surface area contributed by atoms with E-state index in [0.717, 1.165) is 19.5 Å². The summed E-state index contributed by atoms with van der Waals surface area (Å²) in [4.78, 5) is 16.1. The number of amides is 1. The highest BCUT2D eigenvalue weighted by Crippen LogP contribution is 2.38. The Labute approximate surface area is 136 Å². The molecule has 0 aliphatic carbocycles. The molecule has 0 unspecified atom stereocenters. The van der Waals surface area contributed by atoms with Gasteiger partial charge in [0.25, 0.3) is 0 Å².